The van der Waals surface area contributed by atoms with Crippen LogP contribution in [0.1, 0.15) is 6.42 Å². The number of ether oxygens (including phenoxy) is 1. The van der Waals surface area contributed by atoms with Gasteiger partial charge in [0.15, 0.2) is 11.6 Å². The van der Waals surface area contributed by atoms with Crippen molar-refractivity contribution in [1.29, 1.82) is 0 Å². The van der Waals surface area contributed by atoms with Crippen LogP contribution in [-0.2, 0) is 4.79 Å². The van der Waals surface area contributed by atoms with Gasteiger partial charge in [-0.15, -0.1) is 0 Å². The highest BCUT2D eigenvalue weighted by molar-refractivity contribution is 5.67. The number of halogens is 2. The van der Waals surface area contributed by atoms with Gasteiger partial charge in [0.05, 0.1) is 6.42 Å². The highest BCUT2D eigenvalue weighted by Gasteiger charge is 2.09. The number of aliphatic carboxylic acids is 1. The number of hydrogen-bond acceptors (Lipinski definition) is 3. The van der Waals surface area contributed by atoms with Crippen molar-refractivity contribution >= 4 is 5.97 Å². The fourth-order valence-corrected chi connectivity index (χ4v) is 1.05. The van der Waals surface area contributed by atoms with E-state index in [9.17, 15) is 13.6 Å². The summed E-state index contributed by atoms with van der Waals surface area (Å²) in [6, 6.07) is 2.35. The Bertz CT molecular complexity index is 384. The van der Waals surface area contributed by atoms with E-state index in [1.807, 2.05) is 0 Å². The normalized spacial score (nSPS) is 12.2. The zero-order chi connectivity index (χ0) is 12.1. The zero-order valence-corrected chi connectivity index (χ0v) is 8.32. The fourth-order valence-electron chi connectivity index (χ4n) is 1.05. The van der Waals surface area contributed by atoms with Crippen LogP contribution in [0.5, 0.6) is 5.75 Å². The third-order valence-corrected chi connectivity index (χ3v) is 1.79. The molecule has 1 atom stereocenters. The Hall–Kier alpha value is -1.69. The molecule has 1 rings (SSSR count). The van der Waals surface area contributed by atoms with E-state index in [0.29, 0.717) is 0 Å². The molecule has 0 bridgehead atoms. The van der Waals surface area contributed by atoms with Crippen molar-refractivity contribution in [3.05, 3.63) is 29.8 Å². The summed E-state index contributed by atoms with van der Waals surface area (Å²) in [5.74, 6) is -2.92. The van der Waals surface area contributed by atoms with Gasteiger partial charge < -0.3 is 15.6 Å². The second-order valence-corrected chi connectivity index (χ2v) is 3.24. The van der Waals surface area contributed by atoms with Crippen LogP contribution < -0.4 is 10.5 Å². The Labute approximate surface area is 90.6 Å². The molecule has 0 aliphatic heterocycles. The van der Waals surface area contributed by atoms with Gasteiger partial charge in [-0.25, -0.2) is 8.78 Å². The predicted octanol–water partition coefficient (Wildman–Crippen LogP) is 1.15. The molecule has 0 aliphatic rings. The molecule has 0 saturated heterocycles. The standard InChI is InChI=1S/C10H11F2NO3/c11-8-2-1-7(4-9(8)12)16-5-6(13)3-10(14)15/h1-2,4,6H,3,5,13H2,(H,14,15). The molecule has 0 saturated carbocycles. The van der Waals surface area contributed by atoms with E-state index in [2.05, 4.69) is 0 Å². The predicted molar refractivity (Wildman–Crippen MR) is 52.1 cm³/mol. The van der Waals surface area contributed by atoms with Crippen LogP contribution in [0, 0.1) is 11.6 Å². The summed E-state index contributed by atoms with van der Waals surface area (Å²) >= 11 is 0. The molecule has 3 N–H and O–H groups in total. The Kier molecular flexibility index (Phi) is 4.19. The van der Waals surface area contributed by atoms with Crippen molar-refractivity contribution in [2.45, 2.75) is 12.5 Å². The molecule has 0 fully saturated rings. The molecule has 16 heavy (non-hydrogen) atoms. The summed E-state index contributed by atoms with van der Waals surface area (Å²) in [5.41, 5.74) is 5.42. The molecule has 0 amide bonds. The smallest absolute Gasteiger partial charge is 0.305 e. The molecule has 1 aromatic carbocycles. The van der Waals surface area contributed by atoms with Crippen LogP contribution in [0.2, 0.25) is 0 Å². The lowest BCUT2D eigenvalue weighted by atomic mass is 10.2. The molecular formula is C10H11F2NO3. The molecular weight excluding hydrogens is 220 g/mol. The lowest BCUT2D eigenvalue weighted by molar-refractivity contribution is -0.137. The van der Waals surface area contributed by atoms with E-state index in [4.69, 9.17) is 15.6 Å². The molecule has 0 aromatic heterocycles. The number of benzene rings is 1. The molecule has 4 nitrogen and oxygen atoms in total. The van der Waals surface area contributed by atoms with E-state index in [0.717, 1.165) is 12.1 Å². The fraction of sp³-hybridized carbons (Fsp3) is 0.300. The van der Waals surface area contributed by atoms with Gasteiger partial charge in [0.25, 0.3) is 0 Å². The van der Waals surface area contributed by atoms with E-state index < -0.39 is 23.6 Å². The number of nitrogens with two attached hydrogens (primary N) is 1. The Morgan fingerprint density at radius 1 is 1.44 bits per heavy atom. The maximum Gasteiger partial charge on any atom is 0.305 e. The van der Waals surface area contributed by atoms with Crippen molar-refractivity contribution in [3.63, 3.8) is 0 Å². The van der Waals surface area contributed by atoms with Crippen molar-refractivity contribution < 1.29 is 23.4 Å². The summed E-state index contributed by atoms with van der Waals surface area (Å²) in [4.78, 5) is 10.3. The number of rotatable bonds is 5. The van der Waals surface area contributed by atoms with Gasteiger partial charge in [-0.05, 0) is 12.1 Å². The minimum atomic E-state index is -1.04. The minimum Gasteiger partial charge on any atom is -0.492 e. The van der Waals surface area contributed by atoms with Gasteiger partial charge in [0.2, 0.25) is 0 Å². The Morgan fingerprint density at radius 3 is 2.69 bits per heavy atom. The minimum absolute atomic E-state index is 0.0721. The Balaban J connectivity index is 2.48. The van der Waals surface area contributed by atoms with Gasteiger partial charge in [0.1, 0.15) is 12.4 Å². The van der Waals surface area contributed by atoms with E-state index >= 15 is 0 Å². The van der Waals surface area contributed by atoms with Crippen molar-refractivity contribution in [3.8, 4) is 5.75 Å². The molecule has 0 aliphatic carbocycles. The third-order valence-electron chi connectivity index (χ3n) is 1.79. The number of carboxylic acid groups (broad SMARTS) is 1. The van der Waals surface area contributed by atoms with Crippen molar-refractivity contribution in [2.75, 3.05) is 6.61 Å². The highest BCUT2D eigenvalue weighted by atomic mass is 19.2. The van der Waals surface area contributed by atoms with Gasteiger partial charge in [-0.1, -0.05) is 0 Å². The van der Waals surface area contributed by atoms with Crippen molar-refractivity contribution in [1.82, 2.24) is 0 Å². The average molecular weight is 231 g/mol. The molecule has 1 aromatic rings. The molecule has 6 heteroatoms. The first-order chi connectivity index (χ1) is 7.49. The SMILES string of the molecule is NC(COc1ccc(F)c(F)c1)CC(=O)O. The first kappa shape index (κ1) is 12.4. The molecule has 1 unspecified atom stereocenters. The van der Waals surface area contributed by atoms with Crippen LogP contribution in [0.15, 0.2) is 18.2 Å². The maximum absolute atomic E-state index is 12.7. The first-order valence-electron chi connectivity index (χ1n) is 4.54. The Morgan fingerprint density at radius 2 is 2.12 bits per heavy atom. The summed E-state index contributed by atoms with van der Waals surface area (Å²) in [6.07, 6.45) is -0.246. The van der Waals surface area contributed by atoms with Crippen molar-refractivity contribution in [2.24, 2.45) is 5.73 Å². The largest absolute Gasteiger partial charge is 0.492 e. The van der Waals surface area contributed by atoms with Crippen LogP contribution in [0.25, 0.3) is 0 Å². The first-order valence-corrected chi connectivity index (χ1v) is 4.54. The highest BCUT2D eigenvalue weighted by Crippen LogP contribution is 2.15. The molecule has 88 valence electrons. The quantitative estimate of drug-likeness (QED) is 0.797. The number of hydrogen-bond donors (Lipinski definition) is 2. The van der Waals surface area contributed by atoms with Gasteiger partial charge in [0, 0.05) is 12.1 Å². The van der Waals surface area contributed by atoms with Gasteiger partial charge in [-0.3, -0.25) is 4.79 Å². The molecule has 0 radical (unpaired) electrons. The second-order valence-electron chi connectivity index (χ2n) is 3.24. The van der Waals surface area contributed by atoms with E-state index in [1.165, 1.54) is 6.07 Å². The third kappa shape index (κ3) is 3.82. The monoisotopic (exact) mass is 231 g/mol. The van der Waals surface area contributed by atoms with Crippen LogP contribution in [0.3, 0.4) is 0 Å². The summed E-state index contributed by atoms with van der Waals surface area (Å²) in [5, 5.41) is 8.42. The maximum atomic E-state index is 12.7. The number of carbonyl (C=O) groups is 1. The van der Waals surface area contributed by atoms with Gasteiger partial charge >= 0.3 is 5.97 Å². The zero-order valence-electron chi connectivity index (χ0n) is 8.32. The topological polar surface area (TPSA) is 72.5 Å². The molecule has 0 heterocycles. The van der Waals surface area contributed by atoms with Crippen LogP contribution in [0.4, 0.5) is 8.78 Å². The lowest BCUT2D eigenvalue weighted by Gasteiger charge is -2.11. The number of carboxylic acids is 1. The second kappa shape index (κ2) is 5.41. The van der Waals surface area contributed by atoms with Gasteiger partial charge in [-0.2, -0.15) is 0 Å². The van der Waals surface area contributed by atoms with E-state index in [1.54, 1.807) is 0 Å². The van der Waals surface area contributed by atoms with E-state index in [-0.39, 0.29) is 18.8 Å². The summed E-state index contributed by atoms with van der Waals surface area (Å²) in [6.45, 7) is -0.0721. The average Bonchev–Trinajstić information content (AvgIpc) is 2.19. The lowest BCUT2D eigenvalue weighted by Crippen LogP contribution is -2.30. The van der Waals surface area contributed by atoms with Crippen LogP contribution in [-0.4, -0.2) is 23.7 Å². The summed E-state index contributed by atoms with van der Waals surface area (Å²) in [7, 11) is 0. The molecule has 0 spiro atoms. The van der Waals surface area contributed by atoms with Crippen LogP contribution >= 0.6 is 0 Å². The summed E-state index contributed by atoms with van der Waals surface area (Å²) < 4.78 is 30.3.